The summed E-state index contributed by atoms with van der Waals surface area (Å²) in [6.45, 7) is 5.26. The Balaban J connectivity index is 1.96. The number of benzene rings is 1. The number of fused-ring (bicyclic) bond motifs is 1. The molecule has 3 nitrogen and oxygen atoms in total. The van der Waals surface area contributed by atoms with E-state index in [0.29, 0.717) is 12.0 Å². The summed E-state index contributed by atoms with van der Waals surface area (Å²) in [6.07, 6.45) is 3.47. The second-order valence-electron chi connectivity index (χ2n) is 5.92. The first-order valence-corrected chi connectivity index (χ1v) is 7.60. The summed E-state index contributed by atoms with van der Waals surface area (Å²) in [5, 5.41) is 3.41. The summed E-state index contributed by atoms with van der Waals surface area (Å²) in [4.78, 5) is 0. The number of methoxy groups -OCH3 is 1. The van der Waals surface area contributed by atoms with Crippen LogP contribution in [0.2, 0.25) is 0 Å². The van der Waals surface area contributed by atoms with Crippen molar-refractivity contribution in [2.24, 2.45) is 5.92 Å². The van der Waals surface area contributed by atoms with E-state index in [1.165, 1.54) is 11.1 Å². The number of nitrogens with one attached hydrogen (secondary N) is 1. The Morgan fingerprint density at radius 1 is 1.35 bits per heavy atom. The van der Waals surface area contributed by atoms with Gasteiger partial charge in [-0.1, -0.05) is 26.0 Å². The van der Waals surface area contributed by atoms with Crippen molar-refractivity contribution in [2.45, 2.75) is 45.3 Å². The van der Waals surface area contributed by atoms with Crippen molar-refractivity contribution in [1.29, 1.82) is 0 Å². The van der Waals surface area contributed by atoms with Crippen LogP contribution < -0.4 is 10.1 Å². The average molecular weight is 277 g/mol. The third-order valence-electron chi connectivity index (χ3n) is 4.19. The number of rotatable bonds is 7. The van der Waals surface area contributed by atoms with E-state index in [1.54, 1.807) is 0 Å². The molecule has 2 unspecified atom stereocenters. The summed E-state index contributed by atoms with van der Waals surface area (Å²) in [5.74, 6) is 1.58. The Labute approximate surface area is 122 Å². The zero-order chi connectivity index (χ0) is 14.5. The molecule has 1 aromatic rings. The number of hydrogen-bond donors (Lipinski definition) is 1. The van der Waals surface area contributed by atoms with Crippen molar-refractivity contribution >= 4 is 0 Å². The monoisotopic (exact) mass is 277 g/mol. The first kappa shape index (κ1) is 15.3. The molecule has 1 aliphatic rings. The van der Waals surface area contributed by atoms with Crippen LogP contribution in [0.4, 0.5) is 0 Å². The molecule has 0 amide bonds. The second kappa shape index (κ2) is 7.09. The van der Waals surface area contributed by atoms with Crippen LogP contribution >= 0.6 is 0 Å². The van der Waals surface area contributed by atoms with E-state index in [0.717, 1.165) is 31.6 Å². The van der Waals surface area contributed by atoms with Crippen LogP contribution in [0.25, 0.3) is 0 Å². The Morgan fingerprint density at radius 2 is 2.15 bits per heavy atom. The van der Waals surface area contributed by atoms with Gasteiger partial charge >= 0.3 is 0 Å². The maximum Gasteiger partial charge on any atom is 0.122 e. The van der Waals surface area contributed by atoms with Gasteiger partial charge < -0.3 is 14.8 Å². The Hall–Kier alpha value is -1.06. The average Bonchev–Trinajstić information content (AvgIpc) is 2.90. The van der Waals surface area contributed by atoms with E-state index in [9.17, 15) is 0 Å². The highest BCUT2D eigenvalue weighted by Crippen LogP contribution is 2.26. The molecule has 0 aromatic heterocycles. The Bertz CT molecular complexity index is 431. The smallest absolute Gasteiger partial charge is 0.122 e. The van der Waals surface area contributed by atoms with Crippen LogP contribution in [-0.2, 0) is 17.6 Å². The van der Waals surface area contributed by atoms with Gasteiger partial charge in [-0.25, -0.2) is 0 Å². The summed E-state index contributed by atoms with van der Waals surface area (Å²) in [7, 11) is 3.83. The molecule has 0 fully saturated rings. The molecule has 1 heterocycles. The summed E-state index contributed by atoms with van der Waals surface area (Å²) in [5.41, 5.74) is 2.75. The SMILES string of the molecule is CNC(CCc1ccc2c(c1)CCO2)C(OC)C(C)C. The molecule has 2 rings (SSSR count). The molecule has 1 aromatic carbocycles. The second-order valence-corrected chi connectivity index (χ2v) is 5.92. The Kier molecular flexibility index (Phi) is 5.44. The minimum absolute atomic E-state index is 0.262. The fourth-order valence-electron chi connectivity index (χ4n) is 3.09. The molecule has 0 radical (unpaired) electrons. The third-order valence-corrected chi connectivity index (χ3v) is 4.19. The highest BCUT2D eigenvalue weighted by molar-refractivity contribution is 5.39. The third kappa shape index (κ3) is 3.53. The lowest BCUT2D eigenvalue weighted by atomic mass is 9.93. The van der Waals surface area contributed by atoms with Gasteiger partial charge in [-0.2, -0.15) is 0 Å². The van der Waals surface area contributed by atoms with Gasteiger partial charge in [0.05, 0.1) is 12.7 Å². The number of likely N-dealkylation sites (N-methyl/N-ethyl adjacent to an activating group) is 1. The summed E-state index contributed by atoms with van der Waals surface area (Å²) < 4.78 is 11.2. The van der Waals surface area contributed by atoms with Crippen molar-refractivity contribution in [3.05, 3.63) is 29.3 Å². The highest BCUT2D eigenvalue weighted by atomic mass is 16.5. The van der Waals surface area contributed by atoms with Gasteiger partial charge in [-0.3, -0.25) is 0 Å². The van der Waals surface area contributed by atoms with Gasteiger partial charge in [0.15, 0.2) is 0 Å². The van der Waals surface area contributed by atoms with Crippen molar-refractivity contribution in [3.8, 4) is 5.75 Å². The predicted molar refractivity (Wildman–Crippen MR) is 82.4 cm³/mol. The molecule has 20 heavy (non-hydrogen) atoms. The quantitative estimate of drug-likeness (QED) is 0.831. The number of aryl methyl sites for hydroxylation is 1. The molecular weight excluding hydrogens is 250 g/mol. The largest absolute Gasteiger partial charge is 0.493 e. The van der Waals surface area contributed by atoms with Gasteiger partial charge in [-0.05, 0) is 43.0 Å². The van der Waals surface area contributed by atoms with Gasteiger partial charge in [0, 0.05) is 19.6 Å². The molecular formula is C17H27NO2. The van der Waals surface area contributed by atoms with Crippen LogP contribution in [-0.4, -0.2) is 32.9 Å². The van der Waals surface area contributed by atoms with Gasteiger partial charge in [0.1, 0.15) is 5.75 Å². The van der Waals surface area contributed by atoms with Crippen molar-refractivity contribution in [1.82, 2.24) is 5.32 Å². The van der Waals surface area contributed by atoms with Crippen LogP contribution in [0.3, 0.4) is 0 Å². The fraction of sp³-hybridized carbons (Fsp3) is 0.647. The van der Waals surface area contributed by atoms with Gasteiger partial charge in [-0.15, -0.1) is 0 Å². The molecule has 0 spiro atoms. The van der Waals surface area contributed by atoms with Crippen LogP contribution in [0.15, 0.2) is 18.2 Å². The lowest BCUT2D eigenvalue weighted by Crippen LogP contribution is -2.42. The first-order chi connectivity index (χ1) is 9.65. The molecule has 3 heteroatoms. The topological polar surface area (TPSA) is 30.5 Å². The number of hydrogen-bond acceptors (Lipinski definition) is 3. The zero-order valence-corrected chi connectivity index (χ0v) is 13.1. The Morgan fingerprint density at radius 3 is 2.80 bits per heavy atom. The van der Waals surface area contributed by atoms with E-state index >= 15 is 0 Å². The van der Waals surface area contributed by atoms with Crippen LogP contribution in [0, 0.1) is 5.92 Å². The molecule has 0 aliphatic carbocycles. The molecule has 1 aliphatic heterocycles. The predicted octanol–water partition coefficient (Wildman–Crippen LogP) is 2.81. The standard InChI is InChI=1S/C17H27NO2/c1-12(2)17(19-4)15(18-3)7-5-13-6-8-16-14(11-13)9-10-20-16/h6,8,11-12,15,17-18H,5,7,9-10H2,1-4H3. The highest BCUT2D eigenvalue weighted by Gasteiger charge is 2.22. The van der Waals surface area contributed by atoms with E-state index < -0.39 is 0 Å². The summed E-state index contributed by atoms with van der Waals surface area (Å²) in [6, 6.07) is 6.99. The molecule has 2 atom stereocenters. The molecule has 0 bridgehead atoms. The minimum atomic E-state index is 0.262. The first-order valence-electron chi connectivity index (χ1n) is 7.60. The number of ether oxygens (including phenoxy) is 2. The molecule has 0 saturated carbocycles. The van der Waals surface area contributed by atoms with E-state index in [4.69, 9.17) is 9.47 Å². The van der Waals surface area contributed by atoms with Crippen LogP contribution in [0.5, 0.6) is 5.75 Å². The van der Waals surface area contributed by atoms with Crippen molar-refractivity contribution < 1.29 is 9.47 Å². The zero-order valence-electron chi connectivity index (χ0n) is 13.1. The van der Waals surface area contributed by atoms with Gasteiger partial charge in [0.2, 0.25) is 0 Å². The van der Waals surface area contributed by atoms with Crippen molar-refractivity contribution in [3.63, 3.8) is 0 Å². The molecule has 1 N–H and O–H groups in total. The maximum absolute atomic E-state index is 5.64. The molecule has 0 saturated heterocycles. The summed E-state index contributed by atoms with van der Waals surface area (Å²) >= 11 is 0. The maximum atomic E-state index is 5.64. The fourth-order valence-corrected chi connectivity index (χ4v) is 3.09. The lowest BCUT2D eigenvalue weighted by molar-refractivity contribution is 0.0330. The van der Waals surface area contributed by atoms with E-state index in [1.807, 2.05) is 14.2 Å². The lowest BCUT2D eigenvalue weighted by Gasteiger charge is -2.28. The van der Waals surface area contributed by atoms with Gasteiger partial charge in [0.25, 0.3) is 0 Å². The molecule has 112 valence electrons. The normalized spacial score (nSPS) is 16.9. The van der Waals surface area contributed by atoms with Crippen molar-refractivity contribution in [2.75, 3.05) is 20.8 Å². The van der Waals surface area contributed by atoms with E-state index in [2.05, 4.69) is 37.4 Å². The minimum Gasteiger partial charge on any atom is -0.493 e. The van der Waals surface area contributed by atoms with Crippen LogP contribution in [0.1, 0.15) is 31.4 Å². The van der Waals surface area contributed by atoms with E-state index in [-0.39, 0.29) is 6.10 Å².